The Labute approximate surface area is 177 Å². The Kier molecular flexibility index (Phi) is 1.47. The normalized spacial score (nSPS) is 86.6. The third kappa shape index (κ3) is 0.902. The molecule has 0 unspecified atom stereocenters. The van der Waals surface area contributed by atoms with Gasteiger partial charge in [0.25, 0.3) is 0 Å². The maximum absolute atomic E-state index is 9.67. The molecule has 0 aliphatic heterocycles. The lowest BCUT2D eigenvalue weighted by atomic mass is 10.1. The zero-order valence-electron chi connectivity index (χ0n) is 17.9. The first-order chi connectivity index (χ1) is 14.4. The quantitative estimate of drug-likeness (QED) is 0.682. The molecule has 30 heavy (non-hydrogen) atoms. The van der Waals surface area contributed by atoms with Crippen molar-refractivity contribution in [3.05, 3.63) is 11.1 Å². The fourth-order valence-electron chi connectivity index (χ4n) is 14.4. The van der Waals surface area contributed by atoms with Gasteiger partial charge in [-0.05, 0) is 132 Å². The maximum atomic E-state index is 9.67. The van der Waals surface area contributed by atoms with Gasteiger partial charge in [-0.25, -0.2) is 0 Å². The van der Waals surface area contributed by atoms with E-state index in [4.69, 9.17) is 0 Å². The topological polar surface area (TPSA) is 40.5 Å². The van der Waals surface area contributed by atoms with Gasteiger partial charge in [0.15, 0.2) is 0 Å². The summed E-state index contributed by atoms with van der Waals surface area (Å²) in [6, 6.07) is 0. The molecule has 2 N–H and O–H groups in total. The average Bonchev–Trinajstić information content (AvgIpc) is 3.51. The molecule has 12 rings (SSSR count). The van der Waals surface area contributed by atoms with Gasteiger partial charge in [0.1, 0.15) is 0 Å². The fraction of sp³-hybridized carbons (Fsp3) is 0.929. The molecular formula is C28H32O2. The Hall–Kier alpha value is -0.340. The van der Waals surface area contributed by atoms with Crippen molar-refractivity contribution < 1.29 is 10.2 Å². The van der Waals surface area contributed by atoms with E-state index in [1.54, 1.807) is 38.5 Å². The molecule has 156 valence electrons. The van der Waals surface area contributed by atoms with E-state index in [0.717, 1.165) is 43.3 Å². The summed E-state index contributed by atoms with van der Waals surface area (Å²) >= 11 is 0. The Morgan fingerprint density at radius 1 is 0.533 bits per heavy atom. The monoisotopic (exact) mass is 400 g/mol. The van der Waals surface area contributed by atoms with Crippen molar-refractivity contribution in [3.63, 3.8) is 0 Å². The molecule has 12 fully saturated rings. The second kappa shape index (κ2) is 2.99. The minimum atomic E-state index is 0.472. The Morgan fingerprint density at radius 2 is 0.967 bits per heavy atom. The molecule has 2 heteroatoms. The van der Waals surface area contributed by atoms with Gasteiger partial charge >= 0.3 is 0 Å². The summed E-state index contributed by atoms with van der Waals surface area (Å²) in [6.07, 6.45) is 18.3. The first-order valence-corrected chi connectivity index (χ1v) is 13.4. The molecule has 0 heterocycles. The Balaban J connectivity index is 0.840. The van der Waals surface area contributed by atoms with Crippen molar-refractivity contribution in [1.82, 2.24) is 0 Å². The molecule has 0 aromatic heterocycles. The summed E-state index contributed by atoms with van der Waals surface area (Å²) in [6.45, 7) is 0.943. The van der Waals surface area contributed by atoms with Crippen LogP contribution in [0.3, 0.4) is 0 Å². The van der Waals surface area contributed by atoms with E-state index >= 15 is 0 Å². The van der Waals surface area contributed by atoms with Gasteiger partial charge in [0, 0.05) is 24.0 Å². The van der Waals surface area contributed by atoms with Crippen LogP contribution in [-0.2, 0) is 0 Å². The summed E-state index contributed by atoms with van der Waals surface area (Å²) in [5.41, 5.74) is 11.6. The molecule has 12 aliphatic rings. The van der Waals surface area contributed by atoms with Crippen LogP contribution in [0.1, 0.15) is 77.0 Å². The van der Waals surface area contributed by atoms with Crippen LogP contribution >= 0.6 is 0 Å². The van der Waals surface area contributed by atoms with Gasteiger partial charge in [0.05, 0.1) is 0 Å². The van der Waals surface area contributed by atoms with Crippen LogP contribution in [0.4, 0.5) is 0 Å². The van der Waals surface area contributed by atoms with E-state index in [-0.39, 0.29) is 0 Å². The van der Waals surface area contributed by atoms with Gasteiger partial charge in [-0.15, -0.1) is 0 Å². The number of hydrogen-bond acceptors (Lipinski definition) is 2. The van der Waals surface area contributed by atoms with Crippen molar-refractivity contribution in [2.24, 2.45) is 66.0 Å². The van der Waals surface area contributed by atoms with Crippen molar-refractivity contribution in [1.29, 1.82) is 0 Å². The molecule has 0 bridgehead atoms. The summed E-state index contributed by atoms with van der Waals surface area (Å²) in [4.78, 5) is 0. The van der Waals surface area contributed by atoms with Crippen LogP contribution in [0.15, 0.2) is 11.1 Å². The molecule has 0 aromatic carbocycles. The van der Waals surface area contributed by atoms with Gasteiger partial charge < -0.3 is 10.2 Å². The van der Waals surface area contributed by atoms with E-state index in [1.807, 2.05) is 11.1 Å². The van der Waals surface area contributed by atoms with Gasteiger partial charge in [-0.2, -0.15) is 0 Å². The van der Waals surface area contributed by atoms with Crippen LogP contribution in [0, 0.1) is 66.0 Å². The standard InChI is InChI=1S/C28H32O2/c29-5-15-1-19(15)7-23(19)11-27(23)13-25(27)9-21(25)3-17(21)18-4-22(18)10-26(22)14-28(26)12-24(28)8-20(24)2-16(20)6-30/h15-16,29-30H,1-14H2/t15-,16-,19-,20-,21-,22-,23-,24-,25-,26-,27-,28-/m1/s1. The maximum Gasteiger partial charge on any atom is 0.0465 e. The zero-order chi connectivity index (χ0) is 19.2. The van der Waals surface area contributed by atoms with E-state index in [9.17, 15) is 10.2 Å². The molecule has 12 saturated carbocycles. The molecule has 0 aromatic rings. The van der Waals surface area contributed by atoms with Gasteiger partial charge in [-0.1, -0.05) is 11.1 Å². The number of rotatable bonds is 2. The highest BCUT2D eigenvalue weighted by Gasteiger charge is 3.10. The minimum absolute atomic E-state index is 0.472. The highest BCUT2D eigenvalue weighted by atomic mass is 16.3. The summed E-state index contributed by atoms with van der Waals surface area (Å²) < 4.78 is 0. The second-order valence-electron chi connectivity index (χ2n) is 15.9. The fourth-order valence-corrected chi connectivity index (χ4v) is 14.4. The Morgan fingerprint density at radius 3 is 1.37 bits per heavy atom. The van der Waals surface area contributed by atoms with Crippen LogP contribution in [-0.4, -0.2) is 23.4 Å². The smallest absolute Gasteiger partial charge is 0.0465 e. The van der Waals surface area contributed by atoms with E-state index < -0.39 is 0 Å². The van der Waals surface area contributed by atoms with Crippen molar-refractivity contribution in [3.8, 4) is 0 Å². The van der Waals surface area contributed by atoms with E-state index in [0.29, 0.717) is 35.9 Å². The number of aliphatic hydroxyl groups is 2. The van der Waals surface area contributed by atoms with E-state index in [2.05, 4.69) is 0 Å². The third-order valence-corrected chi connectivity index (χ3v) is 16.4. The molecule has 12 aliphatic carbocycles. The van der Waals surface area contributed by atoms with Crippen LogP contribution in [0.5, 0.6) is 0 Å². The lowest BCUT2D eigenvalue weighted by Crippen LogP contribution is -1.95. The number of fused-ring (bicyclic) bond motifs is 8. The predicted octanol–water partition coefficient (Wildman–Crippen LogP) is 4.21. The molecular weight excluding hydrogens is 368 g/mol. The van der Waals surface area contributed by atoms with Crippen LogP contribution < -0.4 is 0 Å². The summed E-state index contributed by atoms with van der Waals surface area (Å²) in [5, 5.41) is 19.3. The van der Waals surface area contributed by atoms with Crippen LogP contribution in [0.25, 0.3) is 0 Å². The highest BCUT2D eigenvalue weighted by molar-refractivity contribution is 5.70. The first kappa shape index (κ1) is 14.7. The predicted molar refractivity (Wildman–Crippen MR) is 108 cm³/mol. The molecule has 12 atom stereocenters. The average molecular weight is 401 g/mol. The molecule has 2 nitrogen and oxygen atoms in total. The van der Waals surface area contributed by atoms with Crippen molar-refractivity contribution in [2.75, 3.05) is 13.2 Å². The SMILES string of the molecule is OC[C@H]1C[C@@]12C[C@@]21C[C@@]12C[C@@]21C[C@@]12CC2=C1C[C@@]12C[C@@]21C[C@@]12C[C@@]21C[C@@]12C[C@@H]2CO. The van der Waals surface area contributed by atoms with E-state index in [1.165, 1.54) is 38.5 Å². The lowest BCUT2D eigenvalue weighted by molar-refractivity contribution is 0.262. The summed E-state index contributed by atoms with van der Waals surface area (Å²) in [7, 11) is 0. The number of hydrogen-bond donors (Lipinski definition) is 2. The zero-order valence-corrected chi connectivity index (χ0v) is 17.9. The van der Waals surface area contributed by atoms with Crippen molar-refractivity contribution >= 4 is 0 Å². The van der Waals surface area contributed by atoms with Gasteiger partial charge in [-0.3, -0.25) is 0 Å². The summed E-state index contributed by atoms with van der Waals surface area (Å²) in [5.74, 6) is 1.39. The number of aliphatic hydroxyl groups excluding tert-OH is 2. The largest absolute Gasteiger partial charge is 0.396 e. The minimum Gasteiger partial charge on any atom is -0.396 e. The Bertz CT molecular complexity index is 1100. The second-order valence-corrected chi connectivity index (χ2v) is 15.9. The highest BCUT2D eigenvalue weighted by Crippen LogP contribution is 3.17. The molecule has 10 spiro atoms. The van der Waals surface area contributed by atoms with Crippen LogP contribution in [0.2, 0.25) is 0 Å². The molecule has 0 amide bonds. The molecule has 0 saturated heterocycles. The first-order valence-electron chi connectivity index (χ1n) is 13.4. The van der Waals surface area contributed by atoms with Crippen molar-refractivity contribution in [2.45, 2.75) is 77.0 Å². The van der Waals surface area contributed by atoms with Gasteiger partial charge in [0.2, 0.25) is 0 Å². The third-order valence-electron chi connectivity index (χ3n) is 16.4. The molecule has 0 radical (unpaired) electrons. The number of allylic oxidation sites excluding steroid dienone is 2. The lowest BCUT2D eigenvalue weighted by Gasteiger charge is -1.96.